The Kier molecular flexibility index (Phi) is 2.67. The molecule has 3 heterocycles. The standard InChI is InChI=1S/C10H8Br2N4O/c11-6-4-9(17)15(5-6)10-13-8-3-1-2-7(12)16(8)14-10/h1-3,6H,4-5H2. The van der Waals surface area contributed by atoms with E-state index in [1.807, 2.05) is 18.2 Å². The second-order valence-corrected chi connectivity index (χ2v) is 5.94. The average Bonchev–Trinajstić information content (AvgIpc) is 2.82. The van der Waals surface area contributed by atoms with Crippen LogP contribution in [0.2, 0.25) is 0 Å². The molecule has 0 spiro atoms. The molecule has 17 heavy (non-hydrogen) atoms. The Morgan fingerprint density at radius 1 is 1.41 bits per heavy atom. The highest BCUT2D eigenvalue weighted by Crippen LogP contribution is 2.23. The first kappa shape index (κ1) is 11.2. The average molecular weight is 360 g/mol. The van der Waals surface area contributed by atoms with E-state index in [1.165, 1.54) is 0 Å². The van der Waals surface area contributed by atoms with Gasteiger partial charge in [-0.05, 0) is 28.1 Å². The number of hydrogen-bond donors (Lipinski definition) is 0. The molecule has 1 atom stereocenters. The molecule has 1 amide bonds. The van der Waals surface area contributed by atoms with Crippen LogP contribution in [0.25, 0.3) is 5.65 Å². The Balaban J connectivity index is 2.07. The van der Waals surface area contributed by atoms with Crippen LogP contribution in [-0.2, 0) is 4.79 Å². The van der Waals surface area contributed by atoms with E-state index in [9.17, 15) is 4.79 Å². The number of aromatic nitrogens is 3. The van der Waals surface area contributed by atoms with Gasteiger partial charge in [0, 0.05) is 17.8 Å². The van der Waals surface area contributed by atoms with Crippen LogP contribution >= 0.6 is 31.9 Å². The summed E-state index contributed by atoms with van der Waals surface area (Å²) in [6, 6.07) is 5.62. The van der Waals surface area contributed by atoms with Crippen molar-refractivity contribution in [1.82, 2.24) is 14.6 Å². The van der Waals surface area contributed by atoms with Crippen LogP contribution < -0.4 is 4.90 Å². The van der Waals surface area contributed by atoms with Crippen molar-refractivity contribution >= 4 is 49.4 Å². The Morgan fingerprint density at radius 3 is 2.88 bits per heavy atom. The summed E-state index contributed by atoms with van der Waals surface area (Å²) >= 11 is 6.83. The van der Waals surface area contributed by atoms with E-state index >= 15 is 0 Å². The minimum atomic E-state index is 0.0545. The Labute approximate surface area is 114 Å². The lowest BCUT2D eigenvalue weighted by molar-refractivity contribution is -0.117. The number of anilines is 1. The molecule has 2 aromatic heterocycles. The molecule has 1 aliphatic rings. The number of rotatable bonds is 1. The van der Waals surface area contributed by atoms with E-state index in [4.69, 9.17) is 0 Å². The predicted molar refractivity (Wildman–Crippen MR) is 70.4 cm³/mol. The number of alkyl halides is 1. The van der Waals surface area contributed by atoms with Crippen molar-refractivity contribution in [3.63, 3.8) is 0 Å². The van der Waals surface area contributed by atoms with Crippen LogP contribution in [0.5, 0.6) is 0 Å². The van der Waals surface area contributed by atoms with Gasteiger partial charge in [-0.3, -0.25) is 9.69 Å². The first-order valence-corrected chi connectivity index (χ1v) is 6.82. The molecule has 3 rings (SSSR count). The number of fused-ring (bicyclic) bond motifs is 1. The number of hydrogen-bond acceptors (Lipinski definition) is 3. The lowest BCUT2D eigenvalue weighted by Gasteiger charge is -2.09. The molecule has 0 aliphatic carbocycles. The number of amides is 1. The molecule has 7 heteroatoms. The third-order valence-corrected chi connectivity index (χ3v) is 3.84. The van der Waals surface area contributed by atoms with Gasteiger partial charge in [0.15, 0.2) is 5.65 Å². The summed E-state index contributed by atoms with van der Waals surface area (Å²) < 4.78 is 2.49. The van der Waals surface area contributed by atoms with E-state index in [1.54, 1.807) is 9.42 Å². The van der Waals surface area contributed by atoms with Gasteiger partial charge in [0.25, 0.3) is 5.95 Å². The fourth-order valence-electron chi connectivity index (χ4n) is 1.83. The van der Waals surface area contributed by atoms with Gasteiger partial charge in [-0.15, -0.1) is 5.10 Å². The van der Waals surface area contributed by atoms with Gasteiger partial charge in [-0.2, -0.15) is 4.98 Å². The maximum atomic E-state index is 11.7. The van der Waals surface area contributed by atoms with Gasteiger partial charge < -0.3 is 0 Å². The van der Waals surface area contributed by atoms with E-state index in [-0.39, 0.29) is 10.7 Å². The molecular weight excluding hydrogens is 352 g/mol. The number of nitrogens with zero attached hydrogens (tertiary/aromatic N) is 4. The smallest absolute Gasteiger partial charge is 0.252 e. The minimum Gasteiger partial charge on any atom is -0.278 e. The van der Waals surface area contributed by atoms with Crippen molar-refractivity contribution in [3.8, 4) is 0 Å². The Hall–Kier alpha value is -0.950. The summed E-state index contributed by atoms with van der Waals surface area (Å²) in [5, 5.41) is 4.32. The van der Waals surface area contributed by atoms with Crippen molar-refractivity contribution in [2.45, 2.75) is 11.2 Å². The summed E-state index contributed by atoms with van der Waals surface area (Å²) in [5.41, 5.74) is 0.722. The summed E-state index contributed by atoms with van der Waals surface area (Å²) in [6.45, 7) is 0.618. The van der Waals surface area contributed by atoms with Gasteiger partial charge in [-0.25, -0.2) is 4.52 Å². The molecule has 5 nitrogen and oxygen atoms in total. The fourth-order valence-corrected chi connectivity index (χ4v) is 2.81. The third-order valence-electron chi connectivity index (χ3n) is 2.62. The molecular formula is C10H8Br2N4O. The van der Waals surface area contributed by atoms with Crippen molar-refractivity contribution < 1.29 is 4.79 Å². The molecule has 1 fully saturated rings. The van der Waals surface area contributed by atoms with Crippen molar-refractivity contribution in [2.75, 3.05) is 11.4 Å². The summed E-state index contributed by atoms with van der Waals surface area (Å²) in [4.78, 5) is 17.9. The van der Waals surface area contributed by atoms with Gasteiger partial charge >= 0.3 is 0 Å². The zero-order chi connectivity index (χ0) is 12.0. The van der Waals surface area contributed by atoms with Crippen molar-refractivity contribution in [3.05, 3.63) is 22.8 Å². The van der Waals surface area contributed by atoms with Crippen LogP contribution in [0.1, 0.15) is 6.42 Å². The Morgan fingerprint density at radius 2 is 2.24 bits per heavy atom. The maximum Gasteiger partial charge on any atom is 0.252 e. The molecule has 0 aromatic carbocycles. The highest BCUT2D eigenvalue weighted by atomic mass is 79.9. The lowest BCUT2D eigenvalue weighted by atomic mass is 10.4. The van der Waals surface area contributed by atoms with Crippen LogP contribution in [0.15, 0.2) is 22.8 Å². The van der Waals surface area contributed by atoms with Gasteiger partial charge in [0.2, 0.25) is 5.91 Å². The maximum absolute atomic E-state index is 11.7. The molecule has 1 saturated heterocycles. The normalized spacial score (nSPS) is 20.5. The molecule has 0 N–H and O–H groups in total. The van der Waals surface area contributed by atoms with E-state index in [0.29, 0.717) is 18.9 Å². The highest BCUT2D eigenvalue weighted by Gasteiger charge is 2.31. The summed E-state index contributed by atoms with van der Waals surface area (Å²) in [6.07, 6.45) is 0.497. The first-order chi connectivity index (χ1) is 8.15. The zero-order valence-electron chi connectivity index (χ0n) is 8.68. The number of pyridine rings is 1. The topological polar surface area (TPSA) is 50.5 Å². The highest BCUT2D eigenvalue weighted by molar-refractivity contribution is 9.10. The Bertz CT molecular complexity index is 597. The van der Waals surface area contributed by atoms with E-state index in [0.717, 1.165) is 10.3 Å². The van der Waals surface area contributed by atoms with E-state index < -0.39 is 0 Å². The first-order valence-electron chi connectivity index (χ1n) is 5.11. The van der Waals surface area contributed by atoms with E-state index in [2.05, 4.69) is 41.9 Å². The molecule has 0 bridgehead atoms. The van der Waals surface area contributed by atoms with Gasteiger partial charge in [0.05, 0.1) is 0 Å². The number of carbonyl (C=O) groups excluding carboxylic acids is 1. The third kappa shape index (κ3) is 1.87. The molecule has 2 aromatic rings. The van der Waals surface area contributed by atoms with Gasteiger partial charge in [-0.1, -0.05) is 22.0 Å². The fraction of sp³-hybridized carbons (Fsp3) is 0.300. The predicted octanol–water partition coefficient (Wildman–Crippen LogP) is 1.99. The SMILES string of the molecule is O=C1CC(Br)CN1c1nc2cccc(Br)n2n1. The van der Waals surface area contributed by atoms with Crippen LogP contribution in [0, 0.1) is 0 Å². The van der Waals surface area contributed by atoms with Crippen LogP contribution in [0.4, 0.5) is 5.95 Å². The monoisotopic (exact) mass is 358 g/mol. The quantitative estimate of drug-likeness (QED) is 0.578. The second-order valence-electron chi connectivity index (χ2n) is 3.84. The van der Waals surface area contributed by atoms with Crippen LogP contribution in [-0.4, -0.2) is 31.9 Å². The van der Waals surface area contributed by atoms with Crippen molar-refractivity contribution in [2.24, 2.45) is 0 Å². The lowest BCUT2D eigenvalue weighted by Crippen LogP contribution is -2.25. The molecule has 88 valence electrons. The molecule has 0 saturated carbocycles. The second kappa shape index (κ2) is 4.06. The number of carbonyl (C=O) groups is 1. The summed E-state index contributed by atoms with van der Waals surface area (Å²) in [5.74, 6) is 0.516. The molecule has 1 unspecified atom stereocenters. The van der Waals surface area contributed by atoms with Crippen LogP contribution in [0.3, 0.4) is 0 Å². The molecule has 1 aliphatic heterocycles. The number of halogens is 2. The molecule has 0 radical (unpaired) electrons. The zero-order valence-corrected chi connectivity index (χ0v) is 11.8. The van der Waals surface area contributed by atoms with Gasteiger partial charge in [0.1, 0.15) is 4.60 Å². The largest absolute Gasteiger partial charge is 0.278 e. The van der Waals surface area contributed by atoms with Crippen molar-refractivity contribution in [1.29, 1.82) is 0 Å². The minimum absolute atomic E-state index is 0.0545. The summed E-state index contributed by atoms with van der Waals surface area (Å²) in [7, 11) is 0.